The van der Waals surface area contributed by atoms with Crippen molar-refractivity contribution in [2.75, 3.05) is 11.9 Å². The lowest BCUT2D eigenvalue weighted by Gasteiger charge is -2.13. The molecule has 0 radical (unpaired) electrons. The van der Waals surface area contributed by atoms with Crippen molar-refractivity contribution >= 4 is 29.0 Å². The van der Waals surface area contributed by atoms with E-state index in [4.69, 9.17) is 9.47 Å². The van der Waals surface area contributed by atoms with Crippen LogP contribution in [0.4, 0.5) is 11.4 Å². The fraction of sp³-hybridized carbons (Fsp3) is 0.286. The molecular formula is C21H22N2O7. The number of carbonyl (C=O) groups excluding carboxylic acids is 3. The van der Waals surface area contributed by atoms with Crippen LogP contribution in [0.25, 0.3) is 0 Å². The van der Waals surface area contributed by atoms with Gasteiger partial charge in [-0.25, -0.2) is 4.79 Å². The van der Waals surface area contributed by atoms with E-state index in [2.05, 4.69) is 5.32 Å². The number of nitrogens with zero attached hydrogens (tertiary/aromatic N) is 1. The Balaban J connectivity index is 1.91. The van der Waals surface area contributed by atoms with Crippen molar-refractivity contribution < 1.29 is 28.8 Å². The third kappa shape index (κ3) is 6.13. The maximum absolute atomic E-state index is 12.4. The highest BCUT2D eigenvalue weighted by molar-refractivity contribution is 6.01. The van der Waals surface area contributed by atoms with Gasteiger partial charge in [-0.05, 0) is 37.3 Å². The summed E-state index contributed by atoms with van der Waals surface area (Å²) in [4.78, 5) is 46.4. The molecule has 158 valence electrons. The number of nitro benzene ring substituents is 1. The molecule has 9 nitrogen and oxygen atoms in total. The van der Waals surface area contributed by atoms with Gasteiger partial charge in [0.1, 0.15) is 0 Å². The van der Waals surface area contributed by atoms with E-state index < -0.39 is 29.4 Å². The molecule has 0 saturated heterocycles. The molecule has 0 fully saturated rings. The number of carbonyl (C=O) groups is 3. The number of anilines is 1. The van der Waals surface area contributed by atoms with Crippen LogP contribution in [0.15, 0.2) is 48.5 Å². The van der Waals surface area contributed by atoms with E-state index in [1.165, 1.54) is 43.3 Å². The fourth-order valence-electron chi connectivity index (χ4n) is 2.39. The Morgan fingerprint density at radius 2 is 1.67 bits per heavy atom. The molecular weight excluding hydrogens is 392 g/mol. The second-order valence-electron chi connectivity index (χ2n) is 6.73. The van der Waals surface area contributed by atoms with Gasteiger partial charge in [-0.15, -0.1) is 0 Å². The smallest absolute Gasteiger partial charge is 0.344 e. The minimum atomic E-state index is -1.08. The van der Waals surface area contributed by atoms with Crippen LogP contribution in [0, 0.1) is 16.0 Å². The van der Waals surface area contributed by atoms with E-state index in [9.17, 15) is 24.5 Å². The summed E-state index contributed by atoms with van der Waals surface area (Å²) in [5.74, 6) is -1.66. The molecule has 1 atom stereocenters. The third-order valence-electron chi connectivity index (χ3n) is 4.05. The summed E-state index contributed by atoms with van der Waals surface area (Å²) in [7, 11) is 0. The Labute approximate surface area is 173 Å². The molecule has 0 saturated carbocycles. The summed E-state index contributed by atoms with van der Waals surface area (Å²) < 4.78 is 10.2. The number of nitro groups is 1. The summed E-state index contributed by atoms with van der Waals surface area (Å²) >= 11 is 0. The normalized spacial score (nSPS) is 11.5. The first kappa shape index (κ1) is 22.5. The Morgan fingerprint density at radius 3 is 2.27 bits per heavy atom. The van der Waals surface area contributed by atoms with Crippen molar-refractivity contribution in [3.63, 3.8) is 0 Å². The molecule has 30 heavy (non-hydrogen) atoms. The van der Waals surface area contributed by atoms with Crippen LogP contribution in [0.3, 0.4) is 0 Å². The van der Waals surface area contributed by atoms with Gasteiger partial charge in [0, 0.05) is 23.2 Å². The van der Waals surface area contributed by atoms with Crippen molar-refractivity contribution in [1.29, 1.82) is 0 Å². The molecule has 0 aliphatic heterocycles. The van der Waals surface area contributed by atoms with Gasteiger partial charge in [-0.3, -0.25) is 19.7 Å². The molecule has 2 aromatic carbocycles. The molecule has 0 bridgehead atoms. The lowest BCUT2D eigenvalue weighted by Crippen LogP contribution is -2.27. The van der Waals surface area contributed by atoms with E-state index in [1.807, 2.05) is 0 Å². The first-order chi connectivity index (χ1) is 14.2. The molecule has 1 amide bonds. The van der Waals surface area contributed by atoms with Crippen LogP contribution < -0.4 is 10.1 Å². The molecule has 2 rings (SSSR count). The van der Waals surface area contributed by atoms with Crippen molar-refractivity contribution in [2.45, 2.75) is 26.9 Å². The zero-order valence-electron chi connectivity index (χ0n) is 16.8. The number of rotatable bonds is 9. The highest BCUT2D eigenvalue weighted by Gasteiger charge is 2.21. The minimum absolute atomic E-state index is 0.0718. The summed E-state index contributed by atoms with van der Waals surface area (Å²) in [5.41, 5.74) is 0.573. The topological polar surface area (TPSA) is 125 Å². The lowest BCUT2D eigenvalue weighted by molar-refractivity contribution is -0.385. The summed E-state index contributed by atoms with van der Waals surface area (Å²) in [5, 5.41) is 13.7. The quantitative estimate of drug-likeness (QED) is 0.289. The molecule has 0 aromatic heterocycles. The van der Waals surface area contributed by atoms with Gasteiger partial charge >= 0.3 is 11.7 Å². The Bertz CT molecular complexity index is 939. The Hall–Kier alpha value is -3.75. The molecule has 0 heterocycles. The molecule has 9 heteroatoms. The zero-order chi connectivity index (χ0) is 22.3. The number of hydrogen-bond donors (Lipinski definition) is 1. The summed E-state index contributed by atoms with van der Waals surface area (Å²) in [6.07, 6.45) is -1.08. The first-order valence-corrected chi connectivity index (χ1v) is 9.20. The van der Waals surface area contributed by atoms with Gasteiger partial charge in [0.25, 0.3) is 0 Å². The largest absolute Gasteiger partial charge is 0.475 e. The Kier molecular flexibility index (Phi) is 7.62. The van der Waals surface area contributed by atoms with Gasteiger partial charge in [0.15, 0.2) is 18.5 Å². The predicted octanol–water partition coefficient (Wildman–Crippen LogP) is 3.38. The zero-order valence-corrected chi connectivity index (χ0v) is 16.8. The standard InChI is InChI=1S/C21H22N2O7/c1-13(2)21(26)22-16-10-8-15(9-11-16)20(25)14(3)30-19(24)12-29-18-7-5-4-6-17(18)23(27)28/h4-11,13-14H,12H2,1-3H3,(H,22,26). The molecule has 1 unspecified atom stereocenters. The predicted molar refractivity (Wildman–Crippen MR) is 108 cm³/mol. The number of Topliss-reactive ketones (excluding diaryl/α,β-unsaturated/α-hetero) is 1. The number of ether oxygens (including phenoxy) is 2. The average molecular weight is 414 g/mol. The van der Waals surface area contributed by atoms with Crippen LogP contribution in [0.5, 0.6) is 5.75 Å². The van der Waals surface area contributed by atoms with E-state index in [0.29, 0.717) is 11.3 Å². The van der Waals surface area contributed by atoms with Crippen LogP contribution in [-0.2, 0) is 14.3 Å². The fourth-order valence-corrected chi connectivity index (χ4v) is 2.39. The second-order valence-corrected chi connectivity index (χ2v) is 6.73. The number of benzene rings is 2. The number of hydrogen-bond acceptors (Lipinski definition) is 7. The maximum Gasteiger partial charge on any atom is 0.344 e. The molecule has 0 aliphatic carbocycles. The maximum atomic E-state index is 12.4. The van der Waals surface area contributed by atoms with Crippen LogP contribution in [0.2, 0.25) is 0 Å². The molecule has 1 N–H and O–H groups in total. The Morgan fingerprint density at radius 1 is 1.03 bits per heavy atom. The van der Waals surface area contributed by atoms with E-state index in [0.717, 1.165) is 0 Å². The van der Waals surface area contributed by atoms with Crippen LogP contribution in [-0.4, -0.2) is 35.3 Å². The van der Waals surface area contributed by atoms with Crippen molar-refractivity contribution in [3.05, 3.63) is 64.2 Å². The van der Waals surface area contributed by atoms with Gasteiger partial charge < -0.3 is 14.8 Å². The van der Waals surface area contributed by atoms with Crippen molar-refractivity contribution in [2.24, 2.45) is 5.92 Å². The van der Waals surface area contributed by atoms with Gasteiger partial charge in [-0.1, -0.05) is 26.0 Å². The number of esters is 1. The van der Waals surface area contributed by atoms with Gasteiger partial charge in [0.2, 0.25) is 11.7 Å². The van der Waals surface area contributed by atoms with E-state index >= 15 is 0 Å². The summed E-state index contributed by atoms with van der Waals surface area (Å²) in [6, 6.07) is 11.8. The molecule has 0 aliphatic rings. The summed E-state index contributed by atoms with van der Waals surface area (Å²) in [6.45, 7) is 4.37. The third-order valence-corrected chi connectivity index (χ3v) is 4.05. The number of nitrogens with one attached hydrogen (secondary N) is 1. The number of ketones is 1. The van der Waals surface area contributed by atoms with Gasteiger partial charge in [-0.2, -0.15) is 0 Å². The van der Waals surface area contributed by atoms with Crippen LogP contribution >= 0.6 is 0 Å². The van der Waals surface area contributed by atoms with E-state index in [1.54, 1.807) is 26.0 Å². The molecule has 0 spiro atoms. The highest BCUT2D eigenvalue weighted by atomic mass is 16.6. The number of amides is 1. The van der Waals surface area contributed by atoms with Crippen LogP contribution in [0.1, 0.15) is 31.1 Å². The lowest BCUT2D eigenvalue weighted by atomic mass is 10.1. The van der Waals surface area contributed by atoms with Crippen molar-refractivity contribution in [3.8, 4) is 5.75 Å². The monoisotopic (exact) mass is 414 g/mol. The molecule has 2 aromatic rings. The van der Waals surface area contributed by atoms with E-state index in [-0.39, 0.29) is 23.3 Å². The van der Waals surface area contributed by atoms with Gasteiger partial charge in [0.05, 0.1) is 4.92 Å². The minimum Gasteiger partial charge on any atom is -0.475 e. The first-order valence-electron chi connectivity index (χ1n) is 9.20. The average Bonchev–Trinajstić information content (AvgIpc) is 2.72. The number of para-hydroxylation sites is 2. The highest BCUT2D eigenvalue weighted by Crippen LogP contribution is 2.25. The SMILES string of the molecule is CC(C)C(=O)Nc1ccc(C(=O)C(C)OC(=O)COc2ccccc2[N+](=O)[O-])cc1. The second kappa shape index (κ2) is 10.1. The van der Waals surface area contributed by atoms with Crippen molar-refractivity contribution in [1.82, 2.24) is 0 Å².